The fraction of sp³-hybridized carbons (Fsp3) is 0.407. The lowest BCUT2D eigenvalue weighted by Crippen LogP contribution is -2.32. The van der Waals surface area contributed by atoms with Gasteiger partial charge in [-0.15, -0.1) is 0 Å². The monoisotopic (exact) mass is 466 g/mol. The maximum atomic E-state index is 13.2. The number of hydrogen-bond donors (Lipinski definition) is 1. The minimum atomic E-state index is -0.711. The molecule has 0 spiro atoms. The van der Waals surface area contributed by atoms with Gasteiger partial charge in [-0.2, -0.15) is 0 Å². The second-order valence-corrected chi connectivity index (χ2v) is 8.85. The average Bonchev–Trinajstić information content (AvgIpc) is 3.03. The van der Waals surface area contributed by atoms with E-state index >= 15 is 0 Å². The molecule has 0 aromatic heterocycles. The lowest BCUT2D eigenvalue weighted by molar-refractivity contribution is -0.139. The fourth-order valence-electron chi connectivity index (χ4n) is 4.10. The van der Waals surface area contributed by atoms with E-state index in [1.807, 2.05) is 64.0 Å². The molecule has 1 fully saturated rings. The van der Waals surface area contributed by atoms with Gasteiger partial charge in [-0.3, -0.25) is 9.59 Å². The molecule has 0 saturated carbocycles. The van der Waals surface area contributed by atoms with E-state index < -0.39 is 17.7 Å². The molecular formula is C27H34N2O5. The Kier molecular flexibility index (Phi) is 8.34. The molecule has 7 heteroatoms. The summed E-state index contributed by atoms with van der Waals surface area (Å²) in [6, 6.07) is 13.6. The number of ketones is 1. The summed E-state index contributed by atoms with van der Waals surface area (Å²) in [4.78, 5) is 29.9. The number of benzene rings is 2. The van der Waals surface area contributed by atoms with Gasteiger partial charge in [0.2, 0.25) is 0 Å². The van der Waals surface area contributed by atoms with Gasteiger partial charge < -0.3 is 24.4 Å². The highest BCUT2D eigenvalue weighted by atomic mass is 16.5. The first-order valence-corrected chi connectivity index (χ1v) is 11.7. The Hall–Kier alpha value is -3.32. The lowest BCUT2D eigenvalue weighted by atomic mass is 9.95. The number of likely N-dealkylation sites (tertiary alicyclic amines) is 1. The first-order chi connectivity index (χ1) is 16.2. The molecule has 1 saturated heterocycles. The molecule has 0 radical (unpaired) electrons. The van der Waals surface area contributed by atoms with Crippen LogP contribution >= 0.6 is 0 Å². The SMILES string of the molecule is CCOc1cccc(C2/C(=C(/O)c3cccc(OC(C)C)c3)C(=O)C(=O)N2CCCN(C)C)c1. The Morgan fingerprint density at radius 1 is 1.09 bits per heavy atom. The van der Waals surface area contributed by atoms with Gasteiger partial charge in [0, 0.05) is 12.1 Å². The molecule has 1 aliphatic rings. The summed E-state index contributed by atoms with van der Waals surface area (Å²) in [5.41, 5.74) is 1.21. The van der Waals surface area contributed by atoms with E-state index in [0.717, 1.165) is 6.54 Å². The van der Waals surface area contributed by atoms with Gasteiger partial charge in [0.15, 0.2) is 0 Å². The highest BCUT2D eigenvalue weighted by Crippen LogP contribution is 2.40. The zero-order chi connectivity index (χ0) is 24.8. The van der Waals surface area contributed by atoms with Gasteiger partial charge in [0.25, 0.3) is 11.7 Å². The van der Waals surface area contributed by atoms with Crippen LogP contribution in [0.5, 0.6) is 11.5 Å². The Labute approximate surface area is 201 Å². The molecule has 182 valence electrons. The van der Waals surface area contributed by atoms with Crippen LogP contribution in [0.1, 0.15) is 44.4 Å². The molecule has 1 aliphatic heterocycles. The number of aliphatic hydroxyl groups is 1. The quantitative estimate of drug-likeness (QED) is 0.320. The van der Waals surface area contributed by atoms with Crippen LogP contribution in [0.3, 0.4) is 0 Å². The van der Waals surface area contributed by atoms with Crippen molar-refractivity contribution in [2.75, 3.05) is 33.8 Å². The summed E-state index contributed by atoms with van der Waals surface area (Å²) < 4.78 is 11.4. The molecule has 0 bridgehead atoms. The highest BCUT2D eigenvalue weighted by Gasteiger charge is 2.45. The van der Waals surface area contributed by atoms with Crippen molar-refractivity contribution in [2.24, 2.45) is 0 Å². The molecule has 0 aliphatic carbocycles. The van der Waals surface area contributed by atoms with Crippen LogP contribution in [0.15, 0.2) is 54.1 Å². The zero-order valence-electron chi connectivity index (χ0n) is 20.6. The summed E-state index contributed by atoms with van der Waals surface area (Å²) in [6.07, 6.45) is 0.653. The van der Waals surface area contributed by atoms with Crippen LogP contribution in [0.25, 0.3) is 5.76 Å². The maximum absolute atomic E-state index is 13.2. The number of aliphatic hydroxyl groups excluding tert-OH is 1. The largest absolute Gasteiger partial charge is 0.507 e. The number of carbonyl (C=O) groups excluding carboxylic acids is 2. The Balaban J connectivity index is 2.10. The zero-order valence-corrected chi connectivity index (χ0v) is 20.6. The van der Waals surface area contributed by atoms with E-state index in [1.165, 1.54) is 0 Å². The standard InChI is InChI=1S/C27H34N2O5/c1-6-33-21-12-7-10-19(16-21)24-23(26(31)27(32)29(24)15-9-14-28(4)5)25(30)20-11-8-13-22(17-20)34-18(2)3/h7-8,10-13,16-18,24,30H,6,9,14-15H2,1-5H3/b25-23-. The first-order valence-electron chi connectivity index (χ1n) is 11.7. The van der Waals surface area contributed by atoms with E-state index in [-0.39, 0.29) is 17.4 Å². The molecule has 34 heavy (non-hydrogen) atoms. The third-order valence-corrected chi connectivity index (χ3v) is 5.51. The number of ether oxygens (including phenoxy) is 2. The highest BCUT2D eigenvalue weighted by molar-refractivity contribution is 6.46. The number of carbonyl (C=O) groups is 2. The second kappa shape index (κ2) is 11.2. The van der Waals surface area contributed by atoms with E-state index in [4.69, 9.17) is 9.47 Å². The second-order valence-electron chi connectivity index (χ2n) is 8.85. The minimum absolute atomic E-state index is 0.0408. The Bertz CT molecular complexity index is 1060. The van der Waals surface area contributed by atoms with Crippen molar-refractivity contribution in [1.29, 1.82) is 0 Å². The number of hydrogen-bond acceptors (Lipinski definition) is 6. The number of rotatable bonds is 10. The molecule has 2 aromatic carbocycles. The molecule has 7 nitrogen and oxygen atoms in total. The molecule has 1 atom stereocenters. The van der Waals surface area contributed by atoms with Crippen molar-refractivity contribution < 1.29 is 24.2 Å². The molecule has 1 unspecified atom stereocenters. The molecule has 1 heterocycles. The number of nitrogens with zero attached hydrogens (tertiary/aromatic N) is 2. The molecule has 1 amide bonds. The van der Waals surface area contributed by atoms with Gasteiger partial charge in [-0.1, -0.05) is 24.3 Å². The minimum Gasteiger partial charge on any atom is -0.507 e. The Morgan fingerprint density at radius 2 is 1.79 bits per heavy atom. The van der Waals surface area contributed by atoms with Crippen LogP contribution < -0.4 is 9.47 Å². The summed E-state index contributed by atoms with van der Waals surface area (Å²) in [7, 11) is 3.92. The summed E-state index contributed by atoms with van der Waals surface area (Å²) >= 11 is 0. The van der Waals surface area contributed by atoms with Crippen molar-refractivity contribution in [3.8, 4) is 11.5 Å². The van der Waals surface area contributed by atoms with Gasteiger partial charge in [0.05, 0.1) is 24.3 Å². The van der Waals surface area contributed by atoms with Crippen molar-refractivity contribution in [2.45, 2.75) is 39.3 Å². The number of Topliss-reactive ketones (excluding diaryl/α,β-unsaturated/α-hetero) is 1. The van der Waals surface area contributed by atoms with Crippen LogP contribution in [0, 0.1) is 0 Å². The number of amides is 1. The first kappa shape index (κ1) is 25.3. The average molecular weight is 467 g/mol. The topological polar surface area (TPSA) is 79.3 Å². The van der Waals surface area contributed by atoms with Crippen LogP contribution in [0.2, 0.25) is 0 Å². The third kappa shape index (κ3) is 5.78. The van der Waals surface area contributed by atoms with Gasteiger partial charge in [-0.25, -0.2) is 0 Å². The Morgan fingerprint density at radius 3 is 2.47 bits per heavy atom. The summed E-state index contributed by atoms with van der Waals surface area (Å²) in [5, 5.41) is 11.3. The van der Waals surface area contributed by atoms with E-state index in [2.05, 4.69) is 0 Å². The predicted octanol–water partition coefficient (Wildman–Crippen LogP) is 4.25. The van der Waals surface area contributed by atoms with Crippen LogP contribution in [-0.4, -0.2) is 66.5 Å². The van der Waals surface area contributed by atoms with E-state index in [0.29, 0.717) is 42.2 Å². The maximum Gasteiger partial charge on any atom is 0.295 e. The van der Waals surface area contributed by atoms with Crippen LogP contribution in [0.4, 0.5) is 0 Å². The third-order valence-electron chi connectivity index (χ3n) is 5.51. The van der Waals surface area contributed by atoms with Gasteiger partial charge in [0.1, 0.15) is 17.3 Å². The van der Waals surface area contributed by atoms with E-state index in [9.17, 15) is 14.7 Å². The summed E-state index contributed by atoms with van der Waals surface area (Å²) in [6.45, 7) is 7.37. The van der Waals surface area contributed by atoms with E-state index in [1.54, 1.807) is 29.2 Å². The molecule has 3 rings (SSSR count). The van der Waals surface area contributed by atoms with Gasteiger partial charge >= 0.3 is 0 Å². The molecule has 2 aromatic rings. The van der Waals surface area contributed by atoms with Crippen molar-refractivity contribution in [3.63, 3.8) is 0 Å². The molecule has 1 N–H and O–H groups in total. The molecular weight excluding hydrogens is 432 g/mol. The van der Waals surface area contributed by atoms with Gasteiger partial charge in [-0.05, 0) is 77.7 Å². The van der Waals surface area contributed by atoms with Crippen molar-refractivity contribution in [1.82, 2.24) is 9.80 Å². The normalized spacial score (nSPS) is 17.6. The smallest absolute Gasteiger partial charge is 0.295 e. The lowest BCUT2D eigenvalue weighted by Gasteiger charge is -2.26. The van der Waals surface area contributed by atoms with Crippen molar-refractivity contribution in [3.05, 3.63) is 65.2 Å². The predicted molar refractivity (Wildman–Crippen MR) is 132 cm³/mol. The van der Waals surface area contributed by atoms with Crippen molar-refractivity contribution >= 4 is 17.4 Å². The van der Waals surface area contributed by atoms with Crippen LogP contribution in [-0.2, 0) is 9.59 Å². The fourth-order valence-corrected chi connectivity index (χ4v) is 4.10. The summed E-state index contributed by atoms with van der Waals surface area (Å²) in [5.74, 6) is -0.291.